The molecule has 0 heterocycles. The molecular weight excluding hydrogens is 258 g/mol. The number of hydrogen-bond acceptors (Lipinski definition) is 4. The van der Waals surface area contributed by atoms with Gasteiger partial charge in [0.2, 0.25) is 10.0 Å². The summed E-state index contributed by atoms with van der Waals surface area (Å²) in [6.45, 7) is 2.31. The lowest BCUT2D eigenvalue weighted by molar-refractivity contribution is -0.135. The van der Waals surface area contributed by atoms with Crippen LogP contribution in [0.25, 0.3) is 0 Å². The minimum atomic E-state index is -3.73. The summed E-state index contributed by atoms with van der Waals surface area (Å²) >= 11 is 0. The van der Waals surface area contributed by atoms with Gasteiger partial charge in [-0.05, 0) is 38.1 Å². The molecule has 18 heavy (non-hydrogen) atoms. The maximum Gasteiger partial charge on any atom is 0.324 e. The van der Waals surface area contributed by atoms with Gasteiger partial charge in [0, 0.05) is 0 Å². The largest absolute Gasteiger partial charge is 0.508 e. The first-order chi connectivity index (χ1) is 8.25. The topological polar surface area (TPSA) is 94.9 Å². The first-order valence-corrected chi connectivity index (χ1v) is 6.78. The third-order valence-corrected chi connectivity index (χ3v) is 4.47. The number of anilines is 1. The molecule has 1 aromatic rings. The van der Waals surface area contributed by atoms with Gasteiger partial charge >= 0.3 is 5.97 Å². The number of rotatable bonds is 5. The summed E-state index contributed by atoms with van der Waals surface area (Å²) in [5, 5.41) is 17.2. The van der Waals surface area contributed by atoms with E-state index in [0.29, 0.717) is 0 Å². The summed E-state index contributed by atoms with van der Waals surface area (Å²) in [7, 11) is -3.73. The number of aromatic hydroxyl groups is 1. The molecule has 0 atom stereocenters. The van der Waals surface area contributed by atoms with Crippen LogP contribution in [-0.2, 0) is 14.8 Å². The molecule has 0 bridgehead atoms. The second-order valence-corrected chi connectivity index (χ2v) is 6.42. The number of phenols is 1. The van der Waals surface area contributed by atoms with Gasteiger partial charge in [-0.1, -0.05) is 0 Å². The van der Waals surface area contributed by atoms with Crippen molar-refractivity contribution in [1.82, 2.24) is 0 Å². The zero-order chi connectivity index (χ0) is 13.9. The van der Waals surface area contributed by atoms with Gasteiger partial charge in [-0.15, -0.1) is 0 Å². The lowest BCUT2D eigenvalue weighted by atomic mass is 10.3. The third-order valence-electron chi connectivity index (χ3n) is 2.32. The predicted octanol–water partition coefficient (Wildman–Crippen LogP) is 1.02. The number of benzene rings is 1. The Kier molecular flexibility index (Phi) is 4.18. The number of nitrogens with zero attached hydrogens (tertiary/aromatic N) is 1. The highest BCUT2D eigenvalue weighted by Gasteiger charge is 2.27. The van der Waals surface area contributed by atoms with Crippen LogP contribution in [0.5, 0.6) is 5.75 Å². The van der Waals surface area contributed by atoms with E-state index >= 15 is 0 Å². The van der Waals surface area contributed by atoms with Gasteiger partial charge in [-0.25, -0.2) is 8.42 Å². The molecule has 0 saturated carbocycles. The van der Waals surface area contributed by atoms with Crippen molar-refractivity contribution in [1.29, 1.82) is 0 Å². The number of hydrogen-bond donors (Lipinski definition) is 2. The van der Waals surface area contributed by atoms with Crippen LogP contribution in [0.4, 0.5) is 5.69 Å². The average molecular weight is 273 g/mol. The van der Waals surface area contributed by atoms with Crippen molar-refractivity contribution in [3.05, 3.63) is 24.3 Å². The Balaban J connectivity index is 3.22. The molecule has 100 valence electrons. The Bertz CT molecular complexity index is 521. The standard InChI is InChI=1S/C11H15NO5S/c1-8(2)18(16,17)12(7-11(14)15)9-3-5-10(13)6-4-9/h3-6,8,13H,7H2,1-2H3,(H,14,15). The van der Waals surface area contributed by atoms with Crippen LogP contribution < -0.4 is 4.31 Å². The molecule has 6 nitrogen and oxygen atoms in total. The van der Waals surface area contributed by atoms with Crippen LogP contribution >= 0.6 is 0 Å². The highest BCUT2D eigenvalue weighted by Crippen LogP contribution is 2.23. The van der Waals surface area contributed by atoms with Crippen LogP contribution in [0.2, 0.25) is 0 Å². The van der Waals surface area contributed by atoms with Gasteiger partial charge in [-0.3, -0.25) is 9.10 Å². The quantitative estimate of drug-likeness (QED) is 0.835. The number of carbonyl (C=O) groups is 1. The van der Waals surface area contributed by atoms with Crippen molar-refractivity contribution in [2.24, 2.45) is 0 Å². The lowest BCUT2D eigenvalue weighted by Crippen LogP contribution is -2.39. The third kappa shape index (κ3) is 3.13. The molecule has 0 amide bonds. The van der Waals surface area contributed by atoms with E-state index in [4.69, 9.17) is 10.2 Å². The smallest absolute Gasteiger partial charge is 0.324 e. The van der Waals surface area contributed by atoms with E-state index in [-0.39, 0.29) is 11.4 Å². The predicted molar refractivity (Wildman–Crippen MR) is 67.1 cm³/mol. The number of aliphatic carboxylic acids is 1. The highest BCUT2D eigenvalue weighted by molar-refractivity contribution is 7.93. The molecule has 1 rings (SSSR count). The Hall–Kier alpha value is -1.76. The van der Waals surface area contributed by atoms with E-state index in [9.17, 15) is 13.2 Å². The molecule has 2 N–H and O–H groups in total. The van der Waals surface area contributed by atoms with Crippen molar-refractivity contribution in [2.75, 3.05) is 10.8 Å². The minimum Gasteiger partial charge on any atom is -0.508 e. The van der Waals surface area contributed by atoms with Crippen molar-refractivity contribution >= 4 is 21.7 Å². The van der Waals surface area contributed by atoms with Crippen LogP contribution in [0.1, 0.15) is 13.8 Å². The first kappa shape index (κ1) is 14.3. The lowest BCUT2D eigenvalue weighted by Gasteiger charge is -2.24. The monoisotopic (exact) mass is 273 g/mol. The SMILES string of the molecule is CC(C)S(=O)(=O)N(CC(=O)O)c1ccc(O)cc1. The number of sulfonamides is 1. The van der Waals surface area contributed by atoms with Crippen LogP contribution in [0.15, 0.2) is 24.3 Å². The fourth-order valence-electron chi connectivity index (χ4n) is 1.32. The molecule has 0 spiro atoms. The number of carboxylic acid groups (broad SMARTS) is 1. The van der Waals surface area contributed by atoms with E-state index in [1.54, 1.807) is 0 Å². The summed E-state index contributed by atoms with van der Waals surface area (Å²) in [5.74, 6) is -1.26. The Morgan fingerprint density at radius 2 is 1.78 bits per heavy atom. The molecule has 0 saturated heterocycles. The zero-order valence-corrected chi connectivity index (χ0v) is 10.9. The van der Waals surface area contributed by atoms with Crippen molar-refractivity contribution in [3.63, 3.8) is 0 Å². The Morgan fingerprint density at radius 3 is 2.17 bits per heavy atom. The molecule has 0 aliphatic heterocycles. The summed E-state index contributed by atoms with van der Waals surface area (Å²) in [5.41, 5.74) is 0.212. The van der Waals surface area contributed by atoms with E-state index in [0.717, 1.165) is 4.31 Å². The Labute approximate surface area is 106 Å². The van der Waals surface area contributed by atoms with Crippen LogP contribution in [-0.4, -0.2) is 36.4 Å². The summed E-state index contributed by atoms with van der Waals surface area (Å²) < 4.78 is 24.9. The molecule has 0 unspecified atom stereocenters. The number of phenolic OH excluding ortho intramolecular Hbond substituents is 1. The summed E-state index contributed by atoms with van der Waals surface area (Å²) in [4.78, 5) is 10.8. The summed E-state index contributed by atoms with van der Waals surface area (Å²) in [6, 6.07) is 5.33. The average Bonchev–Trinajstić information content (AvgIpc) is 2.26. The van der Waals surface area contributed by atoms with Gasteiger partial charge in [0.05, 0.1) is 10.9 Å². The first-order valence-electron chi connectivity index (χ1n) is 5.27. The Morgan fingerprint density at radius 1 is 1.28 bits per heavy atom. The van der Waals surface area contributed by atoms with Crippen molar-refractivity contribution in [3.8, 4) is 5.75 Å². The second kappa shape index (κ2) is 5.26. The molecule has 7 heteroatoms. The number of carboxylic acids is 1. The maximum absolute atomic E-state index is 12.1. The molecule has 1 aromatic carbocycles. The van der Waals surface area contributed by atoms with E-state index in [2.05, 4.69) is 0 Å². The highest BCUT2D eigenvalue weighted by atomic mass is 32.2. The van der Waals surface area contributed by atoms with E-state index in [1.165, 1.54) is 38.1 Å². The second-order valence-electron chi connectivity index (χ2n) is 4.01. The van der Waals surface area contributed by atoms with Gasteiger partial charge in [0.15, 0.2) is 0 Å². The molecule has 0 aromatic heterocycles. The molecule has 0 aliphatic carbocycles. The fourth-order valence-corrected chi connectivity index (χ4v) is 2.54. The van der Waals surface area contributed by atoms with E-state index < -0.39 is 27.8 Å². The maximum atomic E-state index is 12.1. The van der Waals surface area contributed by atoms with Gasteiger partial charge in [0.25, 0.3) is 0 Å². The molecule has 0 fully saturated rings. The molecule has 0 aliphatic rings. The van der Waals surface area contributed by atoms with Crippen molar-refractivity contribution < 1.29 is 23.4 Å². The van der Waals surface area contributed by atoms with Gasteiger partial charge in [-0.2, -0.15) is 0 Å². The van der Waals surface area contributed by atoms with E-state index in [1.807, 2.05) is 0 Å². The summed E-state index contributed by atoms with van der Waals surface area (Å²) in [6.07, 6.45) is 0. The minimum absolute atomic E-state index is 0.0176. The van der Waals surface area contributed by atoms with Crippen LogP contribution in [0.3, 0.4) is 0 Å². The van der Waals surface area contributed by atoms with Crippen LogP contribution in [0, 0.1) is 0 Å². The zero-order valence-electron chi connectivity index (χ0n) is 10.1. The van der Waals surface area contributed by atoms with Gasteiger partial charge < -0.3 is 10.2 Å². The normalized spacial score (nSPS) is 11.5. The fraction of sp³-hybridized carbons (Fsp3) is 0.364. The molecular formula is C11H15NO5S. The van der Waals surface area contributed by atoms with Crippen molar-refractivity contribution in [2.45, 2.75) is 19.1 Å². The van der Waals surface area contributed by atoms with Gasteiger partial charge in [0.1, 0.15) is 12.3 Å². The molecule has 0 radical (unpaired) electrons.